The number of nitrogens with zero attached hydrogens (tertiary/aromatic N) is 2. The number of hydrogen-bond acceptors (Lipinski definition) is 4. The molecule has 1 saturated heterocycles. The molecule has 1 aliphatic heterocycles. The van der Waals surface area contributed by atoms with Crippen LogP contribution in [0.25, 0.3) is 0 Å². The van der Waals surface area contributed by atoms with Crippen molar-refractivity contribution in [2.24, 2.45) is 11.7 Å². The van der Waals surface area contributed by atoms with E-state index in [2.05, 4.69) is 50.0 Å². The Kier molecular flexibility index (Phi) is 5.25. The van der Waals surface area contributed by atoms with E-state index in [-0.39, 0.29) is 11.3 Å². The number of aromatic nitrogens is 1. The molecule has 5 heteroatoms. The van der Waals surface area contributed by atoms with E-state index in [0.717, 1.165) is 23.8 Å². The third kappa shape index (κ3) is 4.10. The predicted octanol–water partition coefficient (Wildman–Crippen LogP) is 3.18. The Labute approximate surface area is 154 Å². The fourth-order valence-electron chi connectivity index (χ4n) is 3.39. The summed E-state index contributed by atoms with van der Waals surface area (Å²) in [6, 6.07) is 10.4. The van der Waals surface area contributed by atoms with Crippen molar-refractivity contribution in [1.29, 1.82) is 0 Å². The van der Waals surface area contributed by atoms with Gasteiger partial charge in [-0.05, 0) is 18.0 Å². The van der Waals surface area contributed by atoms with Crippen molar-refractivity contribution in [3.8, 4) is 0 Å². The topological polar surface area (TPSA) is 59.2 Å². The molecular formula is C20H27N3OS. The van der Waals surface area contributed by atoms with Crippen molar-refractivity contribution in [2.75, 3.05) is 19.6 Å². The van der Waals surface area contributed by atoms with Gasteiger partial charge in [0.15, 0.2) is 0 Å². The summed E-state index contributed by atoms with van der Waals surface area (Å²) in [5.41, 5.74) is 8.17. The number of benzene rings is 1. The fourth-order valence-corrected chi connectivity index (χ4v) is 4.30. The van der Waals surface area contributed by atoms with E-state index in [0.29, 0.717) is 24.8 Å². The third-order valence-corrected chi connectivity index (χ3v) is 6.17. The Morgan fingerprint density at radius 3 is 2.60 bits per heavy atom. The first kappa shape index (κ1) is 18.1. The highest BCUT2D eigenvalue weighted by Gasteiger charge is 2.35. The average Bonchev–Trinajstić information content (AvgIpc) is 3.22. The molecule has 0 unspecified atom stereocenters. The summed E-state index contributed by atoms with van der Waals surface area (Å²) in [7, 11) is 0. The van der Waals surface area contributed by atoms with Crippen LogP contribution < -0.4 is 5.73 Å². The van der Waals surface area contributed by atoms with E-state index < -0.39 is 0 Å². The van der Waals surface area contributed by atoms with Gasteiger partial charge in [-0.3, -0.25) is 4.79 Å². The zero-order chi connectivity index (χ0) is 18.0. The maximum atomic E-state index is 12.8. The monoisotopic (exact) mass is 357 g/mol. The molecule has 0 spiro atoms. The minimum atomic E-state index is 0.0304. The molecule has 0 aliphatic carbocycles. The smallest absolute Gasteiger partial charge is 0.228 e. The van der Waals surface area contributed by atoms with Crippen LogP contribution >= 0.6 is 11.3 Å². The van der Waals surface area contributed by atoms with Crippen LogP contribution in [-0.2, 0) is 16.6 Å². The molecule has 0 radical (unpaired) electrons. The summed E-state index contributed by atoms with van der Waals surface area (Å²) >= 11 is 1.64. The van der Waals surface area contributed by atoms with Crippen molar-refractivity contribution in [1.82, 2.24) is 9.88 Å². The number of amides is 1. The number of rotatable bonds is 4. The maximum absolute atomic E-state index is 12.8. The van der Waals surface area contributed by atoms with E-state index in [1.165, 1.54) is 5.56 Å². The van der Waals surface area contributed by atoms with Gasteiger partial charge in [-0.1, -0.05) is 51.1 Å². The van der Waals surface area contributed by atoms with Crippen molar-refractivity contribution in [3.63, 3.8) is 0 Å². The summed E-state index contributed by atoms with van der Waals surface area (Å²) in [5, 5.41) is 3.10. The minimum Gasteiger partial charge on any atom is -0.341 e. The van der Waals surface area contributed by atoms with E-state index >= 15 is 0 Å². The number of carbonyl (C=O) groups is 1. The van der Waals surface area contributed by atoms with Crippen LogP contribution in [0.15, 0.2) is 35.7 Å². The molecule has 1 aromatic heterocycles. The molecule has 0 bridgehead atoms. The summed E-state index contributed by atoms with van der Waals surface area (Å²) < 4.78 is 0. The lowest BCUT2D eigenvalue weighted by Crippen LogP contribution is -2.31. The quantitative estimate of drug-likeness (QED) is 0.914. The minimum absolute atomic E-state index is 0.0304. The standard InChI is InChI=1S/C20H27N3OS/c1-20(2,3)19-22-16(13-25-19)9-18(24)23-11-15(10-21)17(12-23)14-7-5-4-6-8-14/h4-8,13,15,17H,9-12,21H2,1-3H3/t15-,17+/m1/s1. The Balaban J connectivity index is 1.68. The Morgan fingerprint density at radius 2 is 2.00 bits per heavy atom. The Morgan fingerprint density at radius 1 is 1.28 bits per heavy atom. The molecule has 4 nitrogen and oxygen atoms in total. The van der Waals surface area contributed by atoms with Crippen molar-refractivity contribution < 1.29 is 4.79 Å². The van der Waals surface area contributed by atoms with Gasteiger partial charge in [0.05, 0.1) is 17.1 Å². The van der Waals surface area contributed by atoms with Crippen molar-refractivity contribution >= 4 is 17.2 Å². The number of likely N-dealkylation sites (tertiary alicyclic amines) is 1. The highest BCUT2D eigenvalue weighted by molar-refractivity contribution is 7.09. The average molecular weight is 358 g/mol. The summed E-state index contributed by atoms with van der Waals surface area (Å²) in [6.45, 7) is 8.54. The molecule has 2 N–H and O–H groups in total. The summed E-state index contributed by atoms with van der Waals surface area (Å²) in [4.78, 5) is 19.4. The lowest BCUT2D eigenvalue weighted by molar-refractivity contribution is -0.129. The molecule has 2 heterocycles. The fraction of sp³-hybridized carbons (Fsp3) is 0.500. The number of nitrogens with two attached hydrogens (primary N) is 1. The second kappa shape index (κ2) is 7.26. The molecule has 1 aromatic carbocycles. The zero-order valence-electron chi connectivity index (χ0n) is 15.2. The molecule has 3 rings (SSSR count). The number of thiazole rings is 1. The van der Waals surface area contributed by atoms with Crippen LogP contribution in [0.2, 0.25) is 0 Å². The normalized spacial score (nSPS) is 20.9. The van der Waals surface area contributed by atoms with Crippen LogP contribution in [0.5, 0.6) is 0 Å². The molecule has 1 amide bonds. The summed E-state index contributed by atoms with van der Waals surface area (Å²) in [6.07, 6.45) is 0.380. The number of hydrogen-bond donors (Lipinski definition) is 1. The largest absolute Gasteiger partial charge is 0.341 e. The Bertz CT molecular complexity index is 720. The van der Waals surface area contributed by atoms with E-state index in [9.17, 15) is 4.79 Å². The highest BCUT2D eigenvalue weighted by atomic mass is 32.1. The van der Waals surface area contributed by atoms with Gasteiger partial charge in [0.2, 0.25) is 5.91 Å². The van der Waals surface area contributed by atoms with Gasteiger partial charge in [0, 0.05) is 29.8 Å². The van der Waals surface area contributed by atoms with Crippen LogP contribution in [0.4, 0.5) is 0 Å². The van der Waals surface area contributed by atoms with E-state index in [1.54, 1.807) is 11.3 Å². The van der Waals surface area contributed by atoms with Gasteiger partial charge >= 0.3 is 0 Å². The van der Waals surface area contributed by atoms with Crippen LogP contribution in [0, 0.1) is 5.92 Å². The molecule has 25 heavy (non-hydrogen) atoms. The first-order valence-electron chi connectivity index (χ1n) is 8.86. The molecule has 2 atom stereocenters. The zero-order valence-corrected chi connectivity index (χ0v) is 16.1. The second-order valence-electron chi connectivity index (χ2n) is 7.88. The van der Waals surface area contributed by atoms with Gasteiger partial charge < -0.3 is 10.6 Å². The van der Waals surface area contributed by atoms with E-state index in [4.69, 9.17) is 5.73 Å². The SMILES string of the molecule is CC(C)(C)c1nc(CC(=O)N2C[C@@H](CN)[C@H](c3ccccc3)C2)cs1. The molecule has 1 aliphatic rings. The van der Waals surface area contributed by atoms with Crippen LogP contribution in [0.3, 0.4) is 0 Å². The Hall–Kier alpha value is -1.72. The maximum Gasteiger partial charge on any atom is 0.228 e. The van der Waals surface area contributed by atoms with Gasteiger partial charge in [-0.15, -0.1) is 11.3 Å². The van der Waals surface area contributed by atoms with Gasteiger partial charge in [0.1, 0.15) is 0 Å². The molecule has 2 aromatic rings. The first-order chi connectivity index (χ1) is 11.9. The molecule has 134 valence electrons. The molecular weight excluding hydrogens is 330 g/mol. The van der Waals surface area contributed by atoms with Crippen molar-refractivity contribution in [2.45, 2.75) is 38.5 Å². The second-order valence-corrected chi connectivity index (χ2v) is 8.74. The predicted molar refractivity (Wildman–Crippen MR) is 103 cm³/mol. The highest BCUT2D eigenvalue weighted by Crippen LogP contribution is 2.32. The van der Waals surface area contributed by atoms with E-state index in [1.807, 2.05) is 16.3 Å². The van der Waals surface area contributed by atoms with Gasteiger partial charge in [-0.2, -0.15) is 0 Å². The van der Waals surface area contributed by atoms with Crippen LogP contribution in [-0.4, -0.2) is 35.4 Å². The number of carbonyl (C=O) groups excluding carboxylic acids is 1. The van der Waals surface area contributed by atoms with Crippen molar-refractivity contribution in [3.05, 3.63) is 52.0 Å². The van der Waals surface area contributed by atoms with Gasteiger partial charge in [-0.25, -0.2) is 4.98 Å². The molecule has 0 saturated carbocycles. The lowest BCUT2D eigenvalue weighted by Gasteiger charge is -2.16. The lowest BCUT2D eigenvalue weighted by atomic mass is 9.89. The van der Waals surface area contributed by atoms with Crippen LogP contribution in [0.1, 0.15) is 43.0 Å². The van der Waals surface area contributed by atoms with Gasteiger partial charge in [0.25, 0.3) is 0 Å². The summed E-state index contributed by atoms with van der Waals surface area (Å²) in [5.74, 6) is 0.810. The first-order valence-corrected chi connectivity index (χ1v) is 9.74. The third-order valence-electron chi connectivity index (χ3n) is 4.85. The molecule has 1 fully saturated rings.